The van der Waals surface area contributed by atoms with Crippen molar-refractivity contribution in [3.8, 4) is 0 Å². The molecular weight excluding hydrogens is 305 g/mol. The largest absolute Gasteiger partial charge is 0.338 e. The number of rotatable bonds is 4. The quantitative estimate of drug-likeness (QED) is 0.865. The van der Waals surface area contributed by atoms with Gasteiger partial charge in [0.2, 0.25) is 5.91 Å². The first-order valence-corrected chi connectivity index (χ1v) is 8.76. The lowest BCUT2D eigenvalue weighted by atomic mass is 10.0. The number of benzene rings is 1. The van der Waals surface area contributed by atoms with Crippen molar-refractivity contribution in [3.63, 3.8) is 0 Å². The van der Waals surface area contributed by atoms with E-state index in [9.17, 15) is 9.18 Å². The van der Waals surface area contributed by atoms with Gasteiger partial charge >= 0.3 is 0 Å². The number of hydrogen-bond donors (Lipinski definition) is 0. The molecule has 1 aliphatic carbocycles. The van der Waals surface area contributed by atoms with Gasteiger partial charge in [-0.2, -0.15) is 5.10 Å². The van der Waals surface area contributed by atoms with Crippen molar-refractivity contribution in [1.82, 2.24) is 14.7 Å². The minimum Gasteiger partial charge on any atom is -0.338 e. The Kier molecular flexibility index (Phi) is 4.08. The molecule has 3 atom stereocenters. The third-order valence-corrected chi connectivity index (χ3v) is 5.27. The van der Waals surface area contributed by atoms with Crippen LogP contribution in [0.25, 0.3) is 0 Å². The van der Waals surface area contributed by atoms with Crippen LogP contribution in [-0.4, -0.2) is 33.2 Å². The summed E-state index contributed by atoms with van der Waals surface area (Å²) in [5.41, 5.74) is 1.08. The Balaban J connectivity index is 1.43. The number of carbonyl (C=O) groups excluding carboxylic acids is 1. The van der Waals surface area contributed by atoms with E-state index in [2.05, 4.69) is 10.00 Å². The minimum absolute atomic E-state index is 0.0636. The second kappa shape index (κ2) is 6.38. The molecule has 5 heteroatoms. The maximum atomic E-state index is 13.1. The zero-order valence-electron chi connectivity index (χ0n) is 13.6. The molecule has 1 aliphatic heterocycles. The third kappa shape index (κ3) is 3.07. The Hall–Kier alpha value is -2.17. The van der Waals surface area contributed by atoms with Crippen LogP contribution in [0.3, 0.4) is 0 Å². The first kappa shape index (κ1) is 15.4. The fourth-order valence-electron chi connectivity index (χ4n) is 3.86. The van der Waals surface area contributed by atoms with Gasteiger partial charge in [0.05, 0.1) is 12.6 Å². The second-order valence-corrected chi connectivity index (χ2v) is 6.91. The highest BCUT2D eigenvalue weighted by molar-refractivity contribution is 5.83. The fraction of sp³-hybridized carbons (Fsp3) is 0.474. The van der Waals surface area contributed by atoms with Crippen LogP contribution in [0.2, 0.25) is 0 Å². The molecule has 1 saturated carbocycles. The maximum Gasteiger partial charge on any atom is 0.226 e. The topological polar surface area (TPSA) is 38.1 Å². The molecule has 2 aliphatic rings. The average Bonchev–Trinajstić information content (AvgIpc) is 3.24. The number of piperidine rings is 1. The molecule has 1 aromatic carbocycles. The second-order valence-electron chi connectivity index (χ2n) is 6.91. The van der Waals surface area contributed by atoms with Gasteiger partial charge in [-0.15, -0.1) is 0 Å². The third-order valence-electron chi connectivity index (χ3n) is 5.27. The van der Waals surface area contributed by atoms with Gasteiger partial charge in [0, 0.05) is 24.9 Å². The lowest BCUT2D eigenvalue weighted by Gasteiger charge is -2.36. The Morgan fingerprint density at radius 2 is 2.08 bits per heavy atom. The Bertz CT molecular complexity index is 698. The number of amides is 1. The van der Waals surface area contributed by atoms with Gasteiger partial charge in [0.25, 0.3) is 0 Å². The molecule has 24 heavy (non-hydrogen) atoms. The lowest BCUT2D eigenvalue weighted by Crippen LogP contribution is -2.46. The normalized spacial score (nSPS) is 26.4. The molecule has 2 heterocycles. The van der Waals surface area contributed by atoms with Gasteiger partial charge in [-0.1, -0.05) is 12.1 Å². The van der Waals surface area contributed by atoms with Gasteiger partial charge in [-0.3, -0.25) is 9.48 Å². The van der Waals surface area contributed by atoms with Crippen molar-refractivity contribution in [2.75, 3.05) is 6.54 Å². The van der Waals surface area contributed by atoms with E-state index in [1.165, 1.54) is 18.6 Å². The summed E-state index contributed by atoms with van der Waals surface area (Å²) in [6, 6.07) is 8.74. The van der Waals surface area contributed by atoms with Crippen LogP contribution in [0.1, 0.15) is 37.2 Å². The van der Waals surface area contributed by atoms with Gasteiger partial charge in [0.1, 0.15) is 5.82 Å². The Morgan fingerprint density at radius 3 is 2.83 bits per heavy atom. The molecular formula is C19H22FN3O. The van der Waals surface area contributed by atoms with E-state index in [4.69, 9.17) is 0 Å². The van der Waals surface area contributed by atoms with E-state index in [0.717, 1.165) is 37.9 Å². The molecule has 0 radical (unpaired) electrons. The van der Waals surface area contributed by atoms with Gasteiger partial charge in [0.15, 0.2) is 0 Å². The molecule has 0 spiro atoms. The van der Waals surface area contributed by atoms with Crippen LogP contribution in [-0.2, 0) is 11.3 Å². The van der Waals surface area contributed by atoms with Crippen molar-refractivity contribution in [1.29, 1.82) is 0 Å². The molecule has 126 valence electrons. The maximum absolute atomic E-state index is 13.1. The first-order chi connectivity index (χ1) is 11.7. The minimum atomic E-state index is -0.224. The van der Waals surface area contributed by atoms with Crippen molar-refractivity contribution >= 4 is 5.91 Å². The van der Waals surface area contributed by atoms with Crippen LogP contribution in [0.4, 0.5) is 4.39 Å². The number of halogens is 1. The predicted octanol–water partition coefficient (Wildman–Crippen LogP) is 3.21. The highest BCUT2D eigenvalue weighted by atomic mass is 19.1. The van der Waals surface area contributed by atoms with Crippen molar-refractivity contribution in [2.45, 2.75) is 44.2 Å². The molecule has 4 rings (SSSR count). The first-order valence-electron chi connectivity index (χ1n) is 8.76. The highest BCUT2D eigenvalue weighted by Crippen LogP contribution is 2.49. The molecule has 0 unspecified atom stereocenters. The van der Waals surface area contributed by atoms with Crippen molar-refractivity contribution < 1.29 is 9.18 Å². The van der Waals surface area contributed by atoms with E-state index in [-0.39, 0.29) is 29.6 Å². The van der Waals surface area contributed by atoms with Crippen LogP contribution >= 0.6 is 0 Å². The molecule has 1 amide bonds. The number of nitrogens with zero attached hydrogens (tertiary/aromatic N) is 3. The average molecular weight is 327 g/mol. The predicted molar refractivity (Wildman–Crippen MR) is 88.8 cm³/mol. The van der Waals surface area contributed by atoms with Gasteiger partial charge in [-0.05, 0) is 55.4 Å². The standard InChI is InChI=1S/C19H22FN3O/c20-15-7-5-14(6-8-15)17-12-18(17)19(24)23-11-2-1-4-16(23)13-22-10-3-9-21-22/h3,5-10,16-18H,1-2,4,11-13H2/t16-,17-,18-/m1/s1. The monoisotopic (exact) mass is 327 g/mol. The van der Waals surface area contributed by atoms with E-state index in [1.807, 2.05) is 29.1 Å². The Labute approximate surface area is 141 Å². The summed E-state index contributed by atoms with van der Waals surface area (Å²) in [6.07, 6.45) is 7.90. The zero-order chi connectivity index (χ0) is 16.5. The molecule has 4 nitrogen and oxygen atoms in total. The summed E-state index contributed by atoms with van der Waals surface area (Å²) < 4.78 is 15.0. The van der Waals surface area contributed by atoms with E-state index >= 15 is 0 Å². The van der Waals surface area contributed by atoms with Crippen LogP contribution in [0.5, 0.6) is 0 Å². The molecule has 2 fully saturated rings. The summed E-state index contributed by atoms with van der Waals surface area (Å²) in [5, 5.41) is 4.28. The summed E-state index contributed by atoms with van der Waals surface area (Å²) >= 11 is 0. The Morgan fingerprint density at radius 1 is 1.25 bits per heavy atom. The van der Waals surface area contributed by atoms with E-state index in [0.29, 0.717) is 0 Å². The highest BCUT2D eigenvalue weighted by Gasteiger charge is 2.47. The van der Waals surface area contributed by atoms with Crippen LogP contribution < -0.4 is 0 Å². The summed E-state index contributed by atoms with van der Waals surface area (Å²) in [4.78, 5) is 15.0. The van der Waals surface area contributed by atoms with Gasteiger partial charge < -0.3 is 4.90 Å². The van der Waals surface area contributed by atoms with Crippen LogP contribution in [0, 0.1) is 11.7 Å². The van der Waals surface area contributed by atoms with Crippen molar-refractivity contribution in [3.05, 3.63) is 54.1 Å². The van der Waals surface area contributed by atoms with Gasteiger partial charge in [-0.25, -0.2) is 4.39 Å². The number of hydrogen-bond acceptors (Lipinski definition) is 2. The van der Waals surface area contributed by atoms with Crippen LogP contribution in [0.15, 0.2) is 42.7 Å². The lowest BCUT2D eigenvalue weighted by molar-refractivity contribution is -0.136. The van der Waals surface area contributed by atoms with Crippen molar-refractivity contribution in [2.24, 2.45) is 5.92 Å². The molecule has 1 aromatic heterocycles. The molecule has 0 bridgehead atoms. The number of likely N-dealkylation sites (tertiary alicyclic amines) is 1. The summed E-state index contributed by atoms with van der Waals surface area (Å²) in [7, 11) is 0. The fourth-order valence-corrected chi connectivity index (χ4v) is 3.86. The SMILES string of the molecule is O=C([C@@H]1C[C@@H]1c1ccc(F)cc1)N1CCCC[C@@H]1Cn1cccn1. The van der Waals surface area contributed by atoms with E-state index < -0.39 is 0 Å². The molecule has 0 N–H and O–H groups in total. The smallest absolute Gasteiger partial charge is 0.226 e. The summed E-state index contributed by atoms with van der Waals surface area (Å²) in [5.74, 6) is 0.359. The zero-order valence-corrected chi connectivity index (χ0v) is 13.6. The molecule has 1 saturated heterocycles. The number of carbonyl (C=O) groups is 1. The van der Waals surface area contributed by atoms with E-state index in [1.54, 1.807) is 6.20 Å². The molecule has 2 aromatic rings. The summed E-state index contributed by atoms with van der Waals surface area (Å²) in [6.45, 7) is 1.62. The number of aromatic nitrogens is 2.